The first-order valence-electron chi connectivity index (χ1n) is 7.94. The van der Waals surface area contributed by atoms with Gasteiger partial charge in [-0.05, 0) is 0 Å². The molecule has 0 amide bonds. The highest BCUT2D eigenvalue weighted by molar-refractivity contribution is 5.85. The molecule has 0 aliphatic carbocycles. The number of hydrogen-bond donors (Lipinski definition) is 1. The van der Waals surface area contributed by atoms with E-state index in [0.29, 0.717) is 0 Å². The van der Waals surface area contributed by atoms with Crippen molar-refractivity contribution in [3.8, 4) is 0 Å². The molecular formula is C16H22O11. The van der Waals surface area contributed by atoms with Crippen molar-refractivity contribution in [2.45, 2.75) is 64.8 Å². The van der Waals surface area contributed by atoms with Crippen molar-refractivity contribution in [2.24, 2.45) is 0 Å². The number of carbonyl (C=O) groups is 5. The van der Waals surface area contributed by atoms with Crippen LogP contribution in [0.3, 0.4) is 0 Å². The van der Waals surface area contributed by atoms with E-state index < -0.39 is 66.5 Å². The summed E-state index contributed by atoms with van der Waals surface area (Å²) in [4.78, 5) is 57.6. The van der Waals surface area contributed by atoms with Gasteiger partial charge in [-0.2, -0.15) is 0 Å². The molecule has 0 unspecified atom stereocenters. The van der Waals surface area contributed by atoms with Crippen molar-refractivity contribution in [1.29, 1.82) is 0 Å². The summed E-state index contributed by atoms with van der Waals surface area (Å²) in [6, 6.07) is 0. The number of Topliss-reactive ketones (excluding diaryl/α,β-unsaturated/α-hetero) is 1. The second-order valence-corrected chi connectivity index (χ2v) is 5.89. The standard InChI is InChI=1S/C16H22O11/c1-7(17)16(22)15(26-11(5)21)14(25-10(4)20)13(24-9(3)19)12(27-16)6-23-8(2)18/h12-15,22H,6H2,1-5H3/t12-,13-,14+,15-,16-/m1/s1. The second-order valence-electron chi connectivity index (χ2n) is 5.89. The number of ether oxygens (including phenoxy) is 5. The molecule has 0 aromatic rings. The molecule has 1 aliphatic heterocycles. The third kappa shape index (κ3) is 5.73. The minimum atomic E-state index is -2.73. The summed E-state index contributed by atoms with van der Waals surface area (Å²) in [5, 5.41) is 10.7. The van der Waals surface area contributed by atoms with Crippen LogP contribution in [-0.4, -0.2) is 71.6 Å². The predicted octanol–water partition coefficient (Wildman–Crippen LogP) is -0.979. The zero-order chi connectivity index (χ0) is 20.9. The molecule has 0 saturated carbocycles. The smallest absolute Gasteiger partial charge is 0.303 e. The Kier molecular flexibility index (Phi) is 7.43. The SMILES string of the molecule is CC(=O)OC[C@H]1O[C@](O)(C(C)=O)[C@H](OC(C)=O)[C@@H](OC(C)=O)[C@@H]1OC(C)=O. The monoisotopic (exact) mass is 390 g/mol. The van der Waals surface area contributed by atoms with Crippen LogP contribution in [0.25, 0.3) is 0 Å². The topological polar surface area (TPSA) is 152 Å². The lowest BCUT2D eigenvalue weighted by Gasteiger charge is -2.47. The van der Waals surface area contributed by atoms with Crippen LogP contribution in [0.1, 0.15) is 34.6 Å². The summed E-state index contributed by atoms with van der Waals surface area (Å²) < 4.78 is 25.2. The molecule has 0 aromatic carbocycles. The molecule has 1 fully saturated rings. The summed E-state index contributed by atoms with van der Waals surface area (Å²) in [6.07, 6.45) is -6.24. The Hall–Kier alpha value is -2.53. The van der Waals surface area contributed by atoms with Gasteiger partial charge in [-0.15, -0.1) is 0 Å². The Morgan fingerprint density at radius 2 is 1.30 bits per heavy atom. The van der Waals surface area contributed by atoms with E-state index in [1.165, 1.54) is 0 Å². The maximum Gasteiger partial charge on any atom is 0.303 e. The van der Waals surface area contributed by atoms with Gasteiger partial charge in [0.1, 0.15) is 12.7 Å². The lowest BCUT2D eigenvalue weighted by atomic mass is 9.89. The maximum absolute atomic E-state index is 12.0. The van der Waals surface area contributed by atoms with Crippen LogP contribution in [0.4, 0.5) is 0 Å². The fourth-order valence-corrected chi connectivity index (χ4v) is 2.56. The van der Waals surface area contributed by atoms with Crippen molar-refractivity contribution in [3.63, 3.8) is 0 Å². The van der Waals surface area contributed by atoms with Crippen molar-refractivity contribution in [3.05, 3.63) is 0 Å². The summed E-state index contributed by atoms with van der Waals surface area (Å²) in [5.74, 6) is -7.01. The van der Waals surface area contributed by atoms with Crippen LogP contribution in [0.15, 0.2) is 0 Å². The first kappa shape index (κ1) is 22.5. The van der Waals surface area contributed by atoms with Gasteiger partial charge in [-0.3, -0.25) is 24.0 Å². The highest BCUT2D eigenvalue weighted by Gasteiger charge is 2.61. The van der Waals surface area contributed by atoms with Gasteiger partial charge in [-0.25, -0.2) is 0 Å². The molecule has 0 bridgehead atoms. The summed E-state index contributed by atoms with van der Waals surface area (Å²) in [5.41, 5.74) is 0. The van der Waals surface area contributed by atoms with Gasteiger partial charge in [0, 0.05) is 34.6 Å². The zero-order valence-electron chi connectivity index (χ0n) is 15.5. The van der Waals surface area contributed by atoms with E-state index in [1.54, 1.807) is 0 Å². The molecule has 1 saturated heterocycles. The Morgan fingerprint density at radius 3 is 1.70 bits per heavy atom. The number of ketones is 1. The molecular weight excluding hydrogens is 368 g/mol. The number of aliphatic hydroxyl groups is 1. The Bertz CT molecular complexity index is 628. The van der Waals surface area contributed by atoms with Crippen LogP contribution < -0.4 is 0 Å². The lowest BCUT2D eigenvalue weighted by Crippen LogP contribution is -2.70. The van der Waals surface area contributed by atoms with E-state index in [4.69, 9.17) is 23.7 Å². The molecule has 1 heterocycles. The molecule has 0 spiro atoms. The predicted molar refractivity (Wildman–Crippen MR) is 83.8 cm³/mol. The van der Waals surface area contributed by atoms with Crippen molar-refractivity contribution >= 4 is 29.7 Å². The van der Waals surface area contributed by atoms with Gasteiger partial charge in [0.05, 0.1) is 0 Å². The fraction of sp³-hybridized carbons (Fsp3) is 0.688. The van der Waals surface area contributed by atoms with Crippen LogP contribution >= 0.6 is 0 Å². The molecule has 0 radical (unpaired) electrons. The highest BCUT2D eigenvalue weighted by Crippen LogP contribution is 2.35. The molecule has 152 valence electrons. The Balaban J connectivity index is 3.43. The van der Waals surface area contributed by atoms with Crippen molar-refractivity contribution < 1.29 is 52.8 Å². The van der Waals surface area contributed by atoms with Crippen LogP contribution in [0, 0.1) is 0 Å². The fourth-order valence-electron chi connectivity index (χ4n) is 2.56. The summed E-state index contributed by atoms with van der Waals surface area (Å²) in [7, 11) is 0. The summed E-state index contributed by atoms with van der Waals surface area (Å²) >= 11 is 0. The molecule has 5 atom stereocenters. The van der Waals surface area contributed by atoms with E-state index in [1.807, 2.05) is 0 Å². The quantitative estimate of drug-likeness (QED) is 0.440. The van der Waals surface area contributed by atoms with E-state index >= 15 is 0 Å². The van der Waals surface area contributed by atoms with Crippen molar-refractivity contribution in [1.82, 2.24) is 0 Å². The van der Waals surface area contributed by atoms with E-state index in [0.717, 1.165) is 34.6 Å². The third-order valence-electron chi connectivity index (χ3n) is 3.56. The molecule has 11 heteroatoms. The third-order valence-corrected chi connectivity index (χ3v) is 3.56. The number of esters is 4. The number of carbonyl (C=O) groups excluding carboxylic acids is 5. The van der Waals surface area contributed by atoms with Crippen molar-refractivity contribution in [2.75, 3.05) is 6.61 Å². The zero-order valence-corrected chi connectivity index (χ0v) is 15.5. The minimum Gasteiger partial charge on any atom is -0.463 e. The average molecular weight is 390 g/mol. The first-order chi connectivity index (χ1) is 12.4. The van der Waals surface area contributed by atoms with Gasteiger partial charge in [-0.1, -0.05) is 0 Å². The van der Waals surface area contributed by atoms with Crippen LogP contribution in [0.2, 0.25) is 0 Å². The van der Waals surface area contributed by atoms with E-state index in [-0.39, 0.29) is 0 Å². The van der Waals surface area contributed by atoms with E-state index in [2.05, 4.69) is 0 Å². The molecule has 1 rings (SSSR count). The molecule has 0 aromatic heterocycles. The van der Waals surface area contributed by atoms with Gasteiger partial charge < -0.3 is 28.8 Å². The lowest BCUT2D eigenvalue weighted by molar-refractivity contribution is -0.334. The van der Waals surface area contributed by atoms with Gasteiger partial charge in [0.25, 0.3) is 5.79 Å². The molecule has 1 N–H and O–H groups in total. The van der Waals surface area contributed by atoms with Crippen LogP contribution in [0.5, 0.6) is 0 Å². The molecule has 27 heavy (non-hydrogen) atoms. The van der Waals surface area contributed by atoms with Gasteiger partial charge in [0.2, 0.25) is 6.10 Å². The number of rotatable bonds is 6. The minimum absolute atomic E-state index is 0.534. The van der Waals surface area contributed by atoms with E-state index in [9.17, 15) is 29.1 Å². The van der Waals surface area contributed by atoms with Gasteiger partial charge >= 0.3 is 23.9 Å². The van der Waals surface area contributed by atoms with Gasteiger partial charge in [0.15, 0.2) is 18.0 Å². The number of hydrogen-bond acceptors (Lipinski definition) is 11. The average Bonchev–Trinajstić information content (AvgIpc) is 2.50. The Labute approximate surface area is 154 Å². The summed E-state index contributed by atoms with van der Waals surface area (Å²) in [6.45, 7) is 4.60. The maximum atomic E-state index is 12.0. The van der Waals surface area contributed by atoms with Crippen LogP contribution in [-0.2, 0) is 47.7 Å². The normalized spacial score (nSPS) is 30.0. The first-order valence-corrected chi connectivity index (χ1v) is 7.94. The highest BCUT2D eigenvalue weighted by atomic mass is 16.7. The largest absolute Gasteiger partial charge is 0.463 e. The molecule has 11 nitrogen and oxygen atoms in total. The Morgan fingerprint density at radius 1 is 0.815 bits per heavy atom. The molecule has 1 aliphatic rings. The second kappa shape index (κ2) is 8.91.